The SMILES string of the molecule is CC(C)COP(=O)(CC1COc2ccccc2C1=O)OCC(C)C. The fourth-order valence-electron chi connectivity index (χ4n) is 2.36. The van der Waals surface area contributed by atoms with E-state index in [4.69, 9.17) is 13.8 Å². The Bertz CT molecular complexity index is 595. The Kier molecular flexibility index (Phi) is 6.62. The molecule has 0 spiro atoms. The summed E-state index contributed by atoms with van der Waals surface area (Å²) in [5, 5.41) is 0. The summed E-state index contributed by atoms with van der Waals surface area (Å²) in [5.41, 5.74) is 0.535. The zero-order valence-electron chi connectivity index (χ0n) is 14.9. The molecule has 0 saturated heterocycles. The highest BCUT2D eigenvalue weighted by Gasteiger charge is 2.37. The van der Waals surface area contributed by atoms with Gasteiger partial charge in [-0.05, 0) is 24.0 Å². The van der Waals surface area contributed by atoms with Crippen LogP contribution < -0.4 is 4.74 Å². The lowest BCUT2D eigenvalue weighted by molar-refractivity contribution is 0.0835. The molecule has 1 aromatic rings. The summed E-state index contributed by atoms with van der Waals surface area (Å²) in [5.74, 6) is 0.489. The molecule has 1 unspecified atom stereocenters. The maximum Gasteiger partial charge on any atom is 0.331 e. The van der Waals surface area contributed by atoms with E-state index in [0.29, 0.717) is 24.5 Å². The monoisotopic (exact) mass is 354 g/mol. The Morgan fingerprint density at radius 3 is 2.29 bits per heavy atom. The zero-order chi connectivity index (χ0) is 17.7. The van der Waals surface area contributed by atoms with Crippen molar-refractivity contribution in [2.45, 2.75) is 27.7 Å². The van der Waals surface area contributed by atoms with Gasteiger partial charge in [0.15, 0.2) is 5.78 Å². The van der Waals surface area contributed by atoms with Crippen molar-refractivity contribution < 1.29 is 23.1 Å². The van der Waals surface area contributed by atoms with E-state index < -0.39 is 13.5 Å². The molecule has 1 aromatic carbocycles. The van der Waals surface area contributed by atoms with Crippen LogP contribution in [0.25, 0.3) is 0 Å². The first-order chi connectivity index (χ1) is 11.3. The Morgan fingerprint density at radius 1 is 1.12 bits per heavy atom. The lowest BCUT2D eigenvalue weighted by atomic mass is 9.97. The van der Waals surface area contributed by atoms with Crippen LogP contribution in [-0.2, 0) is 13.6 Å². The molecule has 1 atom stereocenters. The molecule has 6 heteroatoms. The first-order valence-electron chi connectivity index (χ1n) is 8.45. The normalized spacial score (nSPS) is 17.9. The fraction of sp³-hybridized carbons (Fsp3) is 0.611. The van der Waals surface area contributed by atoms with Crippen LogP contribution in [0.5, 0.6) is 5.75 Å². The second-order valence-corrected chi connectivity index (χ2v) is 9.14. The predicted molar refractivity (Wildman–Crippen MR) is 93.8 cm³/mol. The molecule has 0 N–H and O–H groups in total. The minimum Gasteiger partial charge on any atom is -0.492 e. The van der Waals surface area contributed by atoms with Gasteiger partial charge in [-0.3, -0.25) is 9.36 Å². The topological polar surface area (TPSA) is 61.8 Å². The summed E-state index contributed by atoms with van der Waals surface area (Å²) in [6, 6.07) is 7.13. The van der Waals surface area contributed by atoms with Crippen molar-refractivity contribution in [2.24, 2.45) is 17.8 Å². The van der Waals surface area contributed by atoms with E-state index in [9.17, 15) is 9.36 Å². The molecule has 0 bridgehead atoms. The van der Waals surface area contributed by atoms with Gasteiger partial charge in [-0.2, -0.15) is 0 Å². The second kappa shape index (κ2) is 8.28. The standard InChI is InChI=1S/C18H27O5P/c1-13(2)9-22-24(20,23-10-14(3)4)12-15-11-21-17-8-6-5-7-16(17)18(15)19/h5-8,13-15H,9-12H2,1-4H3. The number of para-hydroxylation sites is 1. The Morgan fingerprint density at radius 2 is 1.71 bits per heavy atom. The molecule has 0 aromatic heterocycles. The Balaban J connectivity index is 2.11. The third-order valence-corrected chi connectivity index (χ3v) is 5.59. The molecule has 5 nitrogen and oxygen atoms in total. The van der Waals surface area contributed by atoms with Crippen molar-refractivity contribution in [3.8, 4) is 5.75 Å². The lowest BCUT2D eigenvalue weighted by Gasteiger charge is -2.28. The van der Waals surface area contributed by atoms with Crippen LogP contribution >= 0.6 is 7.60 Å². The number of carbonyl (C=O) groups is 1. The van der Waals surface area contributed by atoms with Crippen LogP contribution in [-0.4, -0.2) is 31.8 Å². The van der Waals surface area contributed by atoms with Gasteiger partial charge in [0, 0.05) is 0 Å². The number of fused-ring (bicyclic) bond motifs is 1. The molecule has 1 aliphatic rings. The Labute approximate surface area is 144 Å². The second-order valence-electron chi connectivity index (χ2n) is 7.04. The van der Waals surface area contributed by atoms with Crippen molar-refractivity contribution in [1.82, 2.24) is 0 Å². The third-order valence-electron chi connectivity index (χ3n) is 3.62. The minimum absolute atomic E-state index is 0.0552. The van der Waals surface area contributed by atoms with Crippen LogP contribution in [0.1, 0.15) is 38.1 Å². The Hall–Kier alpha value is -1.16. The first-order valence-corrected chi connectivity index (χ1v) is 10.2. The number of ketones is 1. The van der Waals surface area contributed by atoms with Crippen molar-refractivity contribution in [1.29, 1.82) is 0 Å². The van der Waals surface area contributed by atoms with Gasteiger partial charge < -0.3 is 13.8 Å². The number of Topliss-reactive ketones (excluding diaryl/α,β-unsaturated/α-hetero) is 1. The maximum atomic E-state index is 13.1. The average Bonchev–Trinajstić information content (AvgIpc) is 2.54. The number of rotatable bonds is 8. The lowest BCUT2D eigenvalue weighted by Crippen LogP contribution is -2.31. The first kappa shape index (κ1) is 19.2. The largest absolute Gasteiger partial charge is 0.492 e. The maximum absolute atomic E-state index is 13.1. The van der Waals surface area contributed by atoms with Gasteiger partial charge in [-0.25, -0.2) is 0 Å². The number of benzene rings is 1. The predicted octanol–water partition coefficient (Wildman–Crippen LogP) is 4.42. The molecule has 1 heterocycles. The summed E-state index contributed by atoms with van der Waals surface area (Å²) in [4.78, 5) is 12.7. The highest BCUT2D eigenvalue weighted by molar-refractivity contribution is 7.53. The molecule has 24 heavy (non-hydrogen) atoms. The summed E-state index contributed by atoms with van der Waals surface area (Å²) in [6.07, 6.45) is 0.0552. The summed E-state index contributed by atoms with van der Waals surface area (Å²) < 4.78 is 30.0. The van der Waals surface area contributed by atoms with Crippen molar-refractivity contribution in [3.05, 3.63) is 29.8 Å². The molecule has 2 rings (SSSR count). The van der Waals surface area contributed by atoms with Gasteiger partial charge in [0.2, 0.25) is 0 Å². The van der Waals surface area contributed by atoms with Crippen molar-refractivity contribution in [3.63, 3.8) is 0 Å². The van der Waals surface area contributed by atoms with Crippen LogP contribution in [0.15, 0.2) is 24.3 Å². The molecule has 0 saturated carbocycles. The van der Waals surface area contributed by atoms with Crippen molar-refractivity contribution >= 4 is 13.4 Å². The van der Waals surface area contributed by atoms with Crippen LogP contribution in [0.2, 0.25) is 0 Å². The van der Waals surface area contributed by atoms with E-state index in [-0.39, 0.29) is 30.4 Å². The average molecular weight is 354 g/mol. The minimum atomic E-state index is -3.35. The van der Waals surface area contributed by atoms with E-state index in [2.05, 4.69) is 0 Å². The number of hydrogen-bond donors (Lipinski definition) is 0. The van der Waals surface area contributed by atoms with Gasteiger partial charge >= 0.3 is 7.60 Å². The van der Waals surface area contributed by atoms with Gasteiger partial charge in [0.05, 0.1) is 37.5 Å². The molecule has 134 valence electrons. The number of ether oxygens (including phenoxy) is 1. The molecule has 1 aliphatic heterocycles. The number of carbonyl (C=O) groups excluding carboxylic acids is 1. The summed E-state index contributed by atoms with van der Waals surface area (Å²) >= 11 is 0. The van der Waals surface area contributed by atoms with E-state index >= 15 is 0 Å². The molecule has 0 radical (unpaired) electrons. The van der Waals surface area contributed by atoms with E-state index in [0.717, 1.165) is 0 Å². The highest BCUT2D eigenvalue weighted by atomic mass is 31.2. The molecular formula is C18H27O5P. The fourth-order valence-corrected chi connectivity index (χ4v) is 4.50. The molecule has 0 aliphatic carbocycles. The molecule has 0 amide bonds. The highest BCUT2D eigenvalue weighted by Crippen LogP contribution is 2.51. The summed E-state index contributed by atoms with van der Waals surface area (Å²) in [7, 11) is -3.35. The third kappa shape index (κ3) is 5.17. The van der Waals surface area contributed by atoms with Crippen molar-refractivity contribution in [2.75, 3.05) is 26.0 Å². The van der Waals surface area contributed by atoms with Crippen LogP contribution in [0.3, 0.4) is 0 Å². The van der Waals surface area contributed by atoms with Crippen LogP contribution in [0, 0.1) is 17.8 Å². The summed E-state index contributed by atoms with van der Waals surface area (Å²) in [6.45, 7) is 8.82. The van der Waals surface area contributed by atoms with E-state index in [1.807, 2.05) is 33.8 Å². The van der Waals surface area contributed by atoms with Crippen LogP contribution in [0.4, 0.5) is 0 Å². The van der Waals surface area contributed by atoms with E-state index in [1.54, 1.807) is 18.2 Å². The van der Waals surface area contributed by atoms with Gasteiger partial charge in [0.1, 0.15) is 5.75 Å². The quantitative estimate of drug-likeness (QED) is 0.647. The van der Waals surface area contributed by atoms with E-state index in [1.165, 1.54) is 0 Å². The smallest absolute Gasteiger partial charge is 0.331 e. The zero-order valence-corrected chi connectivity index (χ0v) is 15.8. The molecular weight excluding hydrogens is 327 g/mol. The molecule has 0 fully saturated rings. The van der Waals surface area contributed by atoms with Gasteiger partial charge in [-0.15, -0.1) is 0 Å². The van der Waals surface area contributed by atoms with Gasteiger partial charge in [0.25, 0.3) is 0 Å². The van der Waals surface area contributed by atoms with Gasteiger partial charge in [-0.1, -0.05) is 39.8 Å². The number of hydrogen-bond acceptors (Lipinski definition) is 5.